The van der Waals surface area contributed by atoms with Gasteiger partial charge in [0, 0.05) is 5.69 Å². The Morgan fingerprint density at radius 1 is 1.25 bits per heavy atom. The first-order valence-electron chi connectivity index (χ1n) is 5.12. The summed E-state index contributed by atoms with van der Waals surface area (Å²) >= 11 is 0. The molecule has 3 nitrogen and oxygen atoms in total. The number of benzene rings is 1. The summed E-state index contributed by atoms with van der Waals surface area (Å²) < 4.78 is 5.70. The number of aromatic nitrogens is 1. The van der Waals surface area contributed by atoms with E-state index in [4.69, 9.17) is 10.5 Å². The van der Waals surface area contributed by atoms with E-state index in [-0.39, 0.29) is 0 Å². The summed E-state index contributed by atoms with van der Waals surface area (Å²) in [6.45, 7) is 1.97. The van der Waals surface area contributed by atoms with Crippen LogP contribution in [0.25, 0.3) is 0 Å². The Morgan fingerprint density at radius 2 is 2.06 bits per heavy atom. The van der Waals surface area contributed by atoms with Crippen LogP contribution in [-0.2, 0) is 0 Å². The van der Waals surface area contributed by atoms with Gasteiger partial charge in [-0.3, -0.25) is 4.98 Å². The topological polar surface area (TPSA) is 48.1 Å². The zero-order valence-electron chi connectivity index (χ0n) is 9.40. The van der Waals surface area contributed by atoms with Gasteiger partial charge in [-0.25, -0.2) is 0 Å². The molecule has 0 aliphatic heterocycles. The van der Waals surface area contributed by atoms with Crippen molar-refractivity contribution in [3.63, 3.8) is 0 Å². The molecule has 80 valence electrons. The number of ether oxygens (including phenoxy) is 1. The molecule has 1 aromatic carbocycles. The summed E-state index contributed by atoms with van der Waals surface area (Å²) in [5.41, 5.74) is 8.40. The first-order chi connectivity index (χ1) is 7.65. The van der Waals surface area contributed by atoms with Crippen molar-refractivity contribution >= 4 is 19.1 Å². The Hall–Kier alpha value is -1.97. The minimum absolute atomic E-state index is 0.735. The minimum atomic E-state index is 0.735. The van der Waals surface area contributed by atoms with E-state index >= 15 is 0 Å². The van der Waals surface area contributed by atoms with E-state index in [1.807, 2.05) is 45.1 Å². The largest absolute Gasteiger partial charge is 0.455 e. The van der Waals surface area contributed by atoms with Gasteiger partial charge in [-0.2, -0.15) is 0 Å². The summed E-state index contributed by atoms with van der Waals surface area (Å²) in [6.07, 6.45) is 1.71. The summed E-state index contributed by atoms with van der Waals surface area (Å²) in [6, 6.07) is 9.39. The van der Waals surface area contributed by atoms with Gasteiger partial charge in [0.1, 0.15) is 11.5 Å². The normalized spacial score (nSPS) is 10.1. The number of pyridine rings is 1. The molecule has 0 unspecified atom stereocenters. The maximum Gasteiger partial charge on any atom is 0.163 e. The molecule has 0 amide bonds. The highest BCUT2D eigenvalue weighted by molar-refractivity contribution is 6.30. The fraction of sp³-hybridized carbons (Fsp3) is 0.0833. The lowest BCUT2D eigenvalue weighted by atomic mass is 10.0. The molecule has 0 spiro atoms. The Balaban J connectivity index is 2.23. The van der Waals surface area contributed by atoms with Gasteiger partial charge in [-0.05, 0) is 48.4 Å². The van der Waals surface area contributed by atoms with Crippen LogP contribution in [0.2, 0.25) is 0 Å². The number of hydrogen-bond acceptors (Lipinski definition) is 3. The fourth-order valence-corrected chi connectivity index (χ4v) is 1.43. The number of aryl methyl sites for hydroxylation is 1. The zero-order valence-corrected chi connectivity index (χ0v) is 9.40. The number of nitrogens with two attached hydrogens (primary N) is 1. The van der Waals surface area contributed by atoms with Crippen molar-refractivity contribution in [3.8, 4) is 11.5 Å². The van der Waals surface area contributed by atoms with Crippen LogP contribution in [0.1, 0.15) is 5.56 Å². The van der Waals surface area contributed by atoms with E-state index in [9.17, 15) is 0 Å². The van der Waals surface area contributed by atoms with Gasteiger partial charge < -0.3 is 10.5 Å². The van der Waals surface area contributed by atoms with Crippen LogP contribution in [0.4, 0.5) is 5.69 Å². The van der Waals surface area contributed by atoms with Crippen LogP contribution in [0.15, 0.2) is 36.5 Å². The van der Waals surface area contributed by atoms with Crippen molar-refractivity contribution in [2.75, 3.05) is 5.73 Å². The second-order valence-electron chi connectivity index (χ2n) is 3.76. The predicted molar refractivity (Wildman–Crippen MR) is 68.1 cm³/mol. The highest BCUT2D eigenvalue weighted by Gasteiger charge is 2.01. The summed E-state index contributed by atoms with van der Waals surface area (Å²) in [7, 11) is 1.94. The Morgan fingerprint density at radius 3 is 2.69 bits per heavy atom. The van der Waals surface area contributed by atoms with Gasteiger partial charge in [0.25, 0.3) is 0 Å². The third-order valence-corrected chi connectivity index (χ3v) is 2.31. The number of nitrogens with zero attached hydrogens (tertiary/aromatic N) is 1. The molecule has 0 bridgehead atoms. The Labute approximate surface area is 95.7 Å². The maximum absolute atomic E-state index is 5.70. The highest BCUT2D eigenvalue weighted by Crippen LogP contribution is 2.25. The van der Waals surface area contributed by atoms with E-state index in [0.29, 0.717) is 0 Å². The number of hydrogen-bond donors (Lipinski definition) is 1. The van der Waals surface area contributed by atoms with Gasteiger partial charge in [0.15, 0.2) is 7.85 Å². The molecule has 0 saturated heterocycles. The van der Waals surface area contributed by atoms with Crippen LogP contribution < -0.4 is 16.1 Å². The van der Waals surface area contributed by atoms with E-state index in [1.54, 1.807) is 6.20 Å². The van der Waals surface area contributed by atoms with Crippen LogP contribution in [0.3, 0.4) is 0 Å². The maximum atomic E-state index is 5.70. The lowest BCUT2D eigenvalue weighted by molar-refractivity contribution is 0.477. The highest BCUT2D eigenvalue weighted by atomic mass is 16.5. The lowest BCUT2D eigenvalue weighted by Crippen LogP contribution is -2.05. The molecular formula is C12H13BN2O. The van der Waals surface area contributed by atoms with E-state index in [1.165, 1.54) is 0 Å². The molecule has 0 saturated carbocycles. The van der Waals surface area contributed by atoms with Crippen LogP contribution in [0.5, 0.6) is 11.5 Å². The van der Waals surface area contributed by atoms with Crippen molar-refractivity contribution in [2.24, 2.45) is 0 Å². The SMILES string of the molecule is Bc1ccc(Oc2ccc(N)cc2C)cn1. The van der Waals surface area contributed by atoms with Crippen LogP contribution in [-0.4, -0.2) is 12.8 Å². The van der Waals surface area contributed by atoms with Gasteiger partial charge in [0.2, 0.25) is 0 Å². The van der Waals surface area contributed by atoms with Crippen molar-refractivity contribution in [2.45, 2.75) is 6.92 Å². The van der Waals surface area contributed by atoms with Gasteiger partial charge in [0.05, 0.1) is 6.20 Å². The summed E-state index contributed by atoms with van der Waals surface area (Å²) in [4.78, 5) is 4.17. The van der Waals surface area contributed by atoms with Crippen molar-refractivity contribution < 1.29 is 4.74 Å². The number of rotatable bonds is 2. The third-order valence-electron chi connectivity index (χ3n) is 2.31. The molecule has 1 aromatic heterocycles. The number of anilines is 1. The molecule has 0 fully saturated rings. The van der Waals surface area contributed by atoms with Crippen molar-refractivity contribution in [1.29, 1.82) is 0 Å². The molecular weight excluding hydrogens is 199 g/mol. The second-order valence-corrected chi connectivity index (χ2v) is 3.76. The van der Waals surface area contributed by atoms with Crippen LogP contribution >= 0.6 is 0 Å². The van der Waals surface area contributed by atoms with Crippen molar-refractivity contribution in [1.82, 2.24) is 4.98 Å². The molecule has 4 heteroatoms. The Bertz CT molecular complexity index is 497. The van der Waals surface area contributed by atoms with Gasteiger partial charge >= 0.3 is 0 Å². The first-order valence-corrected chi connectivity index (χ1v) is 5.12. The standard InChI is InChI=1S/C12H13BN2O/c1-8-6-9(14)2-4-11(8)16-10-3-5-12(13)15-7-10/h2-7H,13-14H2,1H3. The predicted octanol–water partition coefficient (Wildman–Crippen LogP) is 1.02. The fourth-order valence-electron chi connectivity index (χ4n) is 1.43. The zero-order chi connectivity index (χ0) is 11.5. The molecule has 0 radical (unpaired) electrons. The molecule has 2 N–H and O–H groups in total. The lowest BCUT2D eigenvalue weighted by Gasteiger charge is -2.08. The molecule has 0 aliphatic carbocycles. The molecule has 0 atom stereocenters. The molecule has 0 aliphatic rings. The summed E-state index contributed by atoms with van der Waals surface area (Å²) in [5, 5.41) is 0. The van der Waals surface area contributed by atoms with Crippen LogP contribution in [0, 0.1) is 6.92 Å². The van der Waals surface area contributed by atoms with Gasteiger partial charge in [-0.1, -0.05) is 0 Å². The van der Waals surface area contributed by atoms with E-state index < -0.39 is 0 Å². The monoisotopic (exact) mass is 212 g/mol. The third kappa shape index (κ3) is 2.34. The second kappa shape index (κ2) is 4.27. The van der Waals surface area contributed by atoms with Gasteiger partial charge in [-0.15, -0.1) is 0 Å². The minimum Gasteiger partial charge on any atom is -0.455 e. The average molecular weight is 212 g/mol. The van der Waals surface area contributed by atoms with E-state index in [2.05, 4.69) is 4.98 Å². The summed E-state index contributed by atoms with van der Waals surface area (Å²) in [5.74, 6) is 1.54. The first kappa shape index (κ1) is 10.5. The molecule has 2 rings (SSSR count). The quantitative estimate of drug-likeness (QED) is 0.597. The smallest absolute Gasteiger partial charge is 0.163 e. The van der Waals surface area contributed by atoms with Crippen molar-refractivity contribution in [3.05, 3.63) is 42.1 Å². The molecule has 1 heterocycles. The van der Waals surface area contributed by atoms with E-state index in [0.717, 1.165) is 28.3 Å². The molecule has 2 aromatic rings. The Kier molecular flexibility index (Phi) is 2.81. The molecule has 16 heavy (non-hydrogen) atoms. The average Bonchev–Trinajstić information content (AvgIpc) is 2.25. The number of nitrogen functional groups attached to an aromatic ring is 1.